The van der Waals surface area contributed by atoms with Crippen molar-refractivity contribution in [3.63, 3.8) is 0 Å². The molecule has 0 atom stereocenters. The first-order valence-corrected chi connectivity index (χ1v) is 14.3. The van der Waals surface area contributed by atoms with Gasteiger partial charge in [0.2, 0.25) is 0 Å². The topological polar surface area (TPSA) is 61.9 Å². The molecule has 1 aromatic carbocycles. The van der Waals surface area contributed by atoms with Crippen molar-refractivity contribution >= 4 is 33.8 Å². The standard InChI is InChI=1S/C25H27F3N6.C6H13N/c1-16(17-7-10-33(14-17)24(2)8-9-24)30-12-18-13-31-23(32-18)22-11-19-20(29-3)5-4-6-21(19)34(22)15-25(26,27)28;1-7-5-3-2-4-6-7/h4-7,10-11,14,29-30H,1,8-9,12-13,15H2,2-3H3;2-6H2,1H3. The van der Waals surface area contributed by atoms with Crippen LogP contribution >= 0.6 is 0 Å². The molecule has 0 radical (unpaired) electrons. The van der Waals surface area contributed by atoms with E-state index in [2.05, 4.69) is 63.0 Å². The first-order valence-electron chi connectivity index (χ1n) is 14.3. The fourth-order valence-corrected chi connectivity index (χ4v) is 5.37. The van der Waals surface area contributed by atoms with Gasteiger partial charge in [-0.05, 0) is 77.0 Å². The van der Waals surface area contributed by atoms with E-state index in [0.29, 0.717) is 35.5 Å². The summed E-state index contributed by atoms with van der Waals surface area (Å²) in [6.07, 6.45) is 6.43. The fraction of sp³-hybridized carbons (Fsp3) is 0.484. The lowest BCUT2D eigenvalue weighted by Gasteiger charge is -2.20. The van der Waals surface area contributed by atoms with Gasteiger partial charge in [0.1, 0.15) is 6.54 Å². The van der Waals surface area contributed by atoms with E-state index < -0.39 is 12.7 Å². The van der Waals surface area contributed by atoms with Crippen LogP contribution in [0.1, 0.15) is 50.3 Å². The molecule has 1 saturated carbocycles. The summed E-state index contributed by atoms with van der Waals surface area (Å²) in [7, 11) is 3.94. The third-order valence-corrected chi connectivity index (χ3v) is 8.18. The van der Waals surface area contributed by atoms with Crippen LogP contribution in [0.3, 0.4) is 0 Å². The van der Waals surface area contributed by atoms with Gasteiger partial charge in [-0.3, -0.25) is 4.99 Å². The number of hydrogen-bond acceptors (Lipinski definition) is 5. The Kier molecular flexibility index (Phi) is 8.31. The number of aliphatic imine (C=N–C) groups is 2. The molecule has 0 amide bonds. The number of benzene rings is 1. The molecule has 4 heterocycles. The Balaban J connectivity index is 0.000000423. The van der Waals surface area contributed by atoms with Crippen molar-refractivity contribution in [2.75, 3.05) is 45.6 Å². The number of nitrogens with zero attached hydrogens (tertiary/aromatic N) is 5. The number of alkyl halides is 3. The minimum absolute atomic E-state index is 0.221. The second-order valence-corrected chi connectivity index (χ2v) is 11.5. The van der Waals surface area contributed by atoms with Gasteiger partial charge >= 0.3 is 6.18 Å². The van der Waals surface area contributed by atoms with Crippen LogP contribution in [0, 0.1) is 0 Å². The SMILES string of the molecule is C=C(NCC1=NC(c2cc3c(NC)cccc3n2CC(F)(F)F)=NC1)c1ccn(C2(C)CC2)c1.CN1CCCCC1. The second kappa shape index (κ2) is 11.8. The highest BCUT2D eigenvalue weighted by molar-refractivity contribution is 6.14. The highest BCUT2D eigenvalue weighted by atomic mass is 19.4. The molecule has 1 aliphatic carbocycles. The van der Waals surface area contributed by atoms with Gasteiger partial charge in [-0.15, -0.1) is 0 Å². The number of hydrogen-bond donors (Lipinski definition) is 2. The number of rotatable bonds is 8. The monoisotopic (exact) mass is 567 g/mol. The molecule has 2 aliphatic heterocycles. The number of nitrogens with one attached hydrogen (secondary N) is 2. The normalized spacial score (nSPS) is 18.4. The van der Waals surface area contributed by atoms with Crippen molar-refractivity contribution in [3.05, 3.63) is 60.6 Å². The summed E-state index contributed by atoms with van der Waals surface area (Å²) in [4.78, 5) is 11.4. The maximum absolute atomic E-state index is 13.4. The van der Waals surface area contributed by atoms with Crippen molar-refractivity contribution in [2.24, 2.45) is 9.98 Å². The van der Waals surface area contributed by atoms with Gasteiger partial charge in [0, 0.05) is 47.3 Å². The molecular weight excluding hydrogens is 527 g/mol. The molecule has 2 aromatic heterocycles. The molecule has 2 fully saturated rings. The molecule has 3 aliphatic rings. The number of amidine groups is 1. The summed E-state index contributed by atoms with van der Waals surface area (Å²) in [5, 5.41) is 7.04. The van der Waals surface area contributed by atoms with Crippen LogP contribution in [0.15, 0.2) is 59.3 Å². The zero-order valence-corrected chi connectivity index (χ0v) is 24.2. The van der Waals surface area contributed by atoms with Crippen LogP contribution in [0.2, 0.25) is 0 Å². The van der Waals surface area contributed by atoms with Gasteiger partial charge in [-0.1, -0.05) is 19.1 Å². The van der Waals surface area contributed by atoms with Crippen LogP contribution in [-0.2, 0) is 12.1 Å². The number of fused-ring (bicyclic) bond motifs is 1. The predicted molar refractivity (Wildman–Crippen MR) is 162 cm³/mol. The Bertz CT molecular complexity index is 1450. The van der Waals surface area contributed by atoms with Gasteiger partial charge in [0.05, 0.1) is 30.0 Å². The second-order valence-electron chi connectivity index (χ2n) is 11.5. The summed E-state index contributed by atoms with van der Waals surface area (Å²) in [5.74, 6) is 0.317. The molecule has 0 bridgehead atoms. The Morgan fingerprint density at radius 3 is 2.51 bits per heavy atom. The minimum Gasteiger partial charge on any atom is -0.388 e. The van der Waals surface area contributed by atoms with Crippen LogP contribution in [-0.4, -0.2) is 72.0 Å². The lowest BCUT2D eigenvalue weighted by atomic mass is 10.1. The van der Waals surface area contributed by atoms with Crippen molar-refractivity contribution < 1.29 is 13.2 Å². The van der Waals surface area contributed by atoms with Gasteiger partial charge in [0.15, 0.2) is 5.84 Å². The molecule has 10 heteroatoms. The number of halogens is 3. The van der Waals surface area contributed by atoms with Gasteiger partial charge < -0.3 is 24.7 Å². The van der Waals surface area contributed by atoms with Crippen LogP contribution in [0.5, 0.6) is 0 Å². The van der Waals surface area contributed by atoms with E-state index in [4.69, 9.17) is 0 Å². The largest absolute Gasteiger partial charge is 0.406 e. The highest BCUT2D eigenvalue weighted by Crippen LogP contribution is 2.43. The van der Waals surface area contributed by atoms with Gasteiger partial charge in [0.25, 0.3) is 0 Å². The van der Waals surface area contributed by atoms with Crippen LogP contribution in [0.25, 0.3) is 16.6 Å². The molecule has 3 aromatic rings. The zero-order chi connectivity index (χ0) is 29.2. The molecule has 0 unspecified atom stereocenters. The summed E-state index contributed by atoms with van der Waals surface area (Å²) < 4.78 is 43.6. The van der Waals surface area contributed by atoms with E-state index in [1.807, 2.05) is 12.1 Å². The lowest BCUT2D eigenvalue weighted by Crippen LogP contribution is -2.24. The minimum atomic E-state index is -4.37. The maximum Gasteiger partial charge on any atom is 0.406 e. The Hall–Kier alpha value is -3.53. The average molecular weight is 568 g/mol. The Labute approximate surface area is 239 Å². The van der Waals surface area contributed by atoms with Crippen molar-refractivity contribution in [1.29, 1.82) is 0 Å². The molecule has 0 spiro atoms. The summed E-state index contributed by atoms with van der Waals surface area (Å²) in [5.41, 5.74) is 4.37. The van der Waals surface area contributed by atoms with Crippen molar-refractivity contribution in [2.45, 2.75) is 57.3 Å². The lowest BCUT2D eigenvalue weighted by molar-refractivity contribution is -0.139. The third-order valence-electron chi connectivity index (χ3n) is 8.18. The van der Waals surface area contributed by atoms with E-state index in [-0.39, 0.29) is 5.54 Å². The number of aromatic nitrogens is 2. The Morgan fingerprint density at radius 1 is 1.12 bits per heavy atom. The fourth-order valence-electron chi connectivity index (χ4n) is 5.37. The summed E-state index contributed by atoms with van der Waals surface area (Å²) in [6.45, 7) is 8.66. The highest BCUT2D eigenvalue weighted by Gasteiger charge is 2.38. The maximum atomic E-state index is 13.4. The summed E-state index contributed by atoms with van der Waals surface area (Å²) in [6, 6.07) is 9.02. The van der Waals surface area contributed by atoms with Crippen LogP contribution < -0.4 is 10.6 Å². The quantitative estimate of drug-likeness (QED) is 0.345. The van der Waals surface area contributed by atoms with Crippen LogP contribution in [0.4, 0.5) is 18.9 Å². The number of piperidine rings is 1. The average Bonchev–Trinajstić information content (AvgIpc) is 3.33. The van der Waals surface area contributed by atoms with E-state index in [9.17, 15) is 13.2 Å². The van der Waals surface area contributed by atoms with E-state index in [1.54, 1.807) is 25.2 Å². The first-order chi connectivity index (χ1) is 19.6. The molecule has 7 nitrogen and oxygen atoms in total. The van der Waals surface area contributed by atoms with Gasteiger partial charge in [-0.25, -0.2) is 4.99 Å². The molecular formula is C31H40F3N7. The van der Waals surface area contributed by atoms with E-state index in [1.165, 1.54) is 49.8 Å². The van der Waals surface area contributed by atoms with E-state index in [0.717, 1.165) is 22.7 Å². The molecule has 220 valence electrons. The third kappa shape index (κ3) is 6.86. The number of likely N-dealkylation sites (tertiary alicyclic amines) is 1. The van der Waals surface area contributed by atoms with Crippen molar-refractivity contribution in [3.8, 4) is 0 Å². The summed E-state index contributed by atoms with van der Waals surface area (Å²) >= 11 is 0. The molecule has 2 N–H and O–H groups in total. The Morgan fingerprint density at radius 2 is 1.88 bits per heavy atom. The number of anilines is 1. The van der Waals surface area contributed by atoms with Crippen molar-refractivity contribution in [1.82, 2.24) is 19.4 Å². The molecule has 1 saturated heterocycles. The smallest absolute Gasteiger partial charge is 0.388 e. The molecule has 41 heavy (non-hydrogen) atoms. The van der Waals surface area contributed by atoms with E-state index >= 15 is 0 Å². The predicted octanol–water partition coefficient (Wildman–Crippen LogP) is 6.12. The molecule has 6 rings (SSSR count). The first kappa shape index (κ1) is 29.0. The zero-order valence-electron chi connectivity index (χ0n) is 24.2. The van der Waals surface area contributed by atoms with Gasteiger partial charge in [-0.2, -0.15) is 13.2 Å².